The summed E-state index contributed by atoms with van der Waals surface area (Å²) in [5.74, 6) is 0.0505. The Balaban J connectivity index is 1.29. The van der Waals surface area contributed by atoms with E-state index in [4.69, 9.17) is 19.4 Å². The van der Waals surface area contributed by atoms with Gasteiger partial charge in [-0.1, -0.05) is 12.1 Å². The van der Waals surface area contributed by atoms with Gasteiger partial charge < -0.3 is 19.5 Å². The molecule has 3 N–H and O–H groups in total. The molecule has 11 heteroatoms. The molecule has 1 heterocycles. The number of carbonyl (C=O) groups is 2. The van der Waals surface area contributed by atoms with Gasteiger partial charge in [-0.2, -0.15) is 0 Å². The lowest BCUT2D eigenvalue weighted by Crippen LogP contribution is -2.54. The van der Waals surface area contributed by atoms with E-state index in [0.717, 1.165) is 16.5 Å². The number of fused-ring (bicyclic) bond motifs is 1. The molecule has 0 aromatic heterocycles. The highest BCUT2D eigenvalue weighted by Crippen LogP contribution is 2.35. The second kappa shape index (κ2) is 11.8. The zero-order valence-electron chi connectivity index (χ0n) is 20.9. The summed E-state index contributed by atoms with van der Waals surface area (Å²) in [6.45, 7) is 0.895. The van der Waals surface area contributed by atoms with Crippen molar-refractivity contribution in [1.29, 1.82) is 0 Å². The minimum atomic E-state index is -4.10. The standard InChI is InChI=1S/C27H30N2O8S/c1-35-23-6-5-19-17-21(4-3-20(19)18-23)25(30)28-13-2-14-37-22-7-9-24(10-8-22)38(33,34)27(26(31)29-32)11-15-36-16-12-27/h3-10,17-18,32H,2,11-16H2,1H3,(H,28,30)(H,29,31). The number of hydrogen-bond acceptors (Lipinski definition) is 8. The zero-order valence-corrected chi connectivity index (χ0v) is 21.8. The molecule has 3 aromatic carbocycles. The Morgan fingerprint density at radius 3 is 2.32 bits per heavy atom. The van der Waals surface area contributed by atoms with Gasteiger partial charge in [-0.25, -0.2) is 13.9 Å². The number of hydrogen-bond donors (Lipinski definition) is 3. The average molecular weight is 543 g/mol. The number of rotatable bonds is 10. The van der Waals surface area contributed by atoms with Crippen LogP contribution in [0.15, 0.2) is 65.6 Å². The molecule has 1 saturated heterocycles. The van der Waals surface area contributed by atoms with Crippen molar-refractivity contribution in [3.8, 4) is 11.5 Å². The summed E-state index contributed by atoms with van der Waals surface area (Å²) in [6, 6.07) is 16.9. The molecule has 4 rings (SSSR count). The van der Waals surface area contributed by atoms with Crippen LogP contribution < -0.4 is 20.3 Å². The molecule has 0 atom stereocenters. The van der Waals surface area contributed by atoms with Gasteiger partial charge in [0.25, 0.3) is 11.8 Å². The highest BCUT2D eigenvalue weighted by atomic mass is 32.2. The van der Waals surface area contributed by atoms with Crippen molar-refractivity contribution in [3.63, 3.8) is 0 Å². The zero-order chi connectivity index (χ0) is 27.2. The number of sulfone groups is 1. The Labute approximate surface area is 220 Å². The Morgan fingerprint density at radius 1 is 0.974 bits per heavy atom. The molecule has 38 heavy (non-hydrogen) atoms. The number of carbonyl (C=O) groups excluding carboxylic acids is 2. The van der Waals surface area contributed by atoms with Gasteiger partial charge in [-0.3, -0.25) is 14.8 Å². The van der Waals surface area contributed by atoms with Crippen LogP contribution in [-0.2, 0) is 19.4 Å². The summed E-state index contributed by atoms with van der Waals surface area (Å²) in [4.78, 5) is 24.8. The van der Waals surface area contributed by atoms with Crippen molar-refractivity contribution in [2.45, 2.75) is 28.9 Å². The molecule has 0 aliphatic carbocycles. The van der Waals surface area contributed by atoms with E-state index in [-0.39, 0.29) is 36.9 Å². The van der Waals surface area contributed by atoms with Crippen LogP contribution in [0.1, 0.15) is 29.6 Å². The number of amides is 2. The van der Waals surface area contributed by atoms with Crippen LogP contribution in [0.4, 0.5) is 0 Å². The molecule has 1 aliphatic heterocycles. The first kappa shape index (κ1) is 27.4. The Bertz CT molecular complexity index is 1400. The summed E-state index contributed by atoms with van der Waals surface area (Å²) in [5.41, 5.74) is 2.05. The normalized spacial score (nSPS) is 15.0. The summed E-state index contributed by atoms with van der Waals surface area (Å²) < 4.78 is 40.9. The number of methoxy groups -OCH3 is 1. The lowest BCUT2D eigenvalue weighted by atomic mass is 9.98. The molecule has 0 spiro atoms. The largest absolute Gasteiger partial charge is 0.497 e. The third kappa shape index (κ3) is 5.59. The number of hydroxylamine groups is 1. The van der Waals surface area contributed by atoms with Crippen molar-refractivity contribution in [3.05, 3.63) is 66.2 Å². The molecule has 10 nitrogen and oxygen atoms in total. The summed E-state index contributed by atoms with van der Waals surface area (Å²) >= 11 is 0. The smallest absolute Gasteiger partial charge is 0.265 e. The lowest BCUT2D eigenvalue weighted by Gasteiger charge is -2.34. The molecule has 0 saturated carbocycles. The first-order valence-electron chi connectivity index (χ1n) is 12.2. The van der Waals surface area contributed by atoms with Crippen LogP contribution in [0.5, 0.6) is 11.5 Å². The minimum Gasteiger partial charge on any atom is -0.497 e. The second-order valence-electron chi connectivity index (χ2n) is 8.91. The molecular formula is C27H30N2O8S. The van der Waals surface area contributed by atoms with Crippen LogP contribution in [-0.4, -0.2) is 63.7 Å². The van der Waals surface area contributed by atoms with Gasteiger partial charge in [0.1, 0.15) is 11.5 Å². The molecule has 0 unspecified atom stereocenters. The van der Waals surface area contributed by atoms with Crippen molar-refractivity contribution in [1.82, 2.24) is 10.8 Å². The fraction of sp³-hybridized carbons (Fsp3) is 0.333. The summed E-state index contributed by atoms with van der Waals surface area (Å²) in [7, 11) is -2.49. The molecule has 202 valence electrons. The van der Waals surface area contributed by atoms with Crippen molar-refractivity contribution in [2.24, 2.45) is 0 Å². The average Bonchev–Trinajstić information content (AvgIpc) is 2.96. The van der Waals surface area contributed by atoms with E-state index < -0.39 is 20.5 Å². The van der Waals surface area contributed by atoms with Crippen LogP contribution in [0.3, 0.4) is 0 Å². The molecule has 1 fully saturated rings. The Hall–Kier alpha value is -3.67. The first-order chi connectivity index (χ1) is 18.3. The maximum atomic E-state index is 13.3. The molecule has 0 bridgehead atoms. The molecular weight excluding hydrogens is 512 g/mol. The van der Waals surface area contributed by atoms with E-state index in [1.807, 2.05) is 30.3 Å². The highest BCUT2D eigenvalue weighted by Gasteiger charge is 2.52. The maximum Gasteiger partial charge on any atom is 0.265 e. The quantitative estimate of drug-likeness (QED) is 0.202. The minimum absolute atomic E-state index is 0.0450. The summed E-state index contributed by atoms with van der Waals surface area (Å²) in [6.07, 6.45) is 0.426. The molecule has 0 radical (unpaired) electrons. The van der Waals surface area contributed by atoms with Crippen molar-refractivity contribution >= 4 is 32.4 Å². The lowest BCUT2D eigenvalue weighted by molar-refractivity contribution is -0.134. The van der Waals surface area contributed by atoms with Crippen LogP contribution in [0.2, 0.25) is 0 Å². The van der Waals surface area contributed by atoms with Gasteiger partial charge in [-0.15, -0.1) is 0 Å². The van der Waals surface area contributed by atoms with E-state index in [1.54, 1.807) is 13.2 Å². The monoisotopic (exact) mass is 542 g/mol. The third-order valence-corrected chi connectivity index (χ3v) is 9.16. The van der Waals surface area contributed by atoms with Gasteiger partial charge >= 0.3 is 0 Å². The SMILES string of the molecule is COc1ccc2cc(C(=O)NCCCOc3ccc(S(=O)(=O)C4(C(=O)NO)CCOCC4)cc3)ccc2c1. The van der Waals surface area contributed by atoms with E-state index in [1.165, 1.54) is 29.7 Å². The highest BCUT2D eigenvalue weighted by molar-refractivity contribution is 7.93. The molecule has 3 aromatic rings. The predicted molar refractivity (Wildman–Crippen MR) is 139 cm³/mol. The van der Waals surface area contributed by atoms with Gasteiger partial charge in [0.2, 0.25) is 0 Å². The van der Waals surface area contributed by atoms with E-state index >= 15 is 0 Å². The van der Waals surface area contributed by atoms with Gasteiger partial charge in [0, 0.05) is 25.3 Å². The first-order valence-corrected chi connectivity index (χ1v) is 13.6. The van der Waals surface area contributed by atoms with Gasteiger partial charge in [0.05, 0.1) is 18.6 Å². The fourth-order valence-corrected chi connectivity index (χ4v) is 6.36. The fourth-order valence-electron chi connectivity index (χ4n) is 4.42. The van der Waals surface area contributed by atoms with E-state index in [9.17, 15) is 18.0 Å². The second-order valence-corrected chi connectivity index (χ2v) is 11.2. The number of ether oxygens (including phenoxy) is 3. The number of benzene rings is 3. The maximum absolute atomic E-state index is 13.3. The van der Waals surface area contributed by atoms with Crippen LogP contribution >= 0.6 is 0 Å². The Morgan fingerprint density at radius 2 is 1.63 bits per heavy atom. The number of nitrogens with one attached hydrogen (secondary N) is 2. The van der Waals surface area contributed by atoms with Gasteiger partial charge in [0.15, 0.2) is 14.6 Å². The van der Waals surface area contributed by atoms with Gasteiger partial charge in [-0.05, 0) is 78.6 Å². The molecule has 1 aliphatic rings. The van der Waals surface area contributed by atoms with Crippen molar-refractivity contribution in [2.75, 3.05) is 33.5 Å². The van der Waals surface area contributed by atoms with Crippen LogP contribution in [0, 0.1) is 0 Å². The van der Waals surface area contributed by atoms with E-state index in [0.29, 0.717) is 30.9 Å². The van der Waals surface area contributed by atoms with Crippen LogP contribution in [0.25, 0.3) is 10.8 Å². The molecule has 2 amide bonds. The van der Waals surface area contributed by atoms with Crippen molar-refractivity contribution < 1.29 is 37.4 Å². The third-order valence-electron chi connectivity index (χ3n) is 6.65. The Kier molecular flexibility index (Phi) is 8.50. The van der Waals surface area contributed by atoms with E-state index in [2.05, 4.69) is 5.32 Å². The summed E-state index contributed by atoms with van der Waals surface area (Å²) in [5, 5.41) is 13.9. The predicted octanol–water partition coefficient (Wildman–Crippen LogP) is 2.88. The topological polar surface area (TPSA) is 140 Å².